The molecule has 2 heterocycles. The summed E-state index contributed by atoms with van der Waals surface area (Å²) in [5, 5.41) is 11.0. The van der Waals surface area contributed by atoms with Gasteiger partial charge in [-0.2, -0.15) is 26.3 Å². The van der Waals surface area contributed by atoms with Crippen LogP contribution in [0.3, 0.4) is 0 Å². The van der Waals surface area contributed by atoms with Gasteiger partial charge in [-0.05, 0) is 12.1 Å². The van der Waals surface area contributed by atoms with E-state index in [1.54, 1.807) is 0 Å². The van der Waals surface area contributed by atoms with E-state index in [0.717, 1.165) is 6.07 Å². The highest BCUT2D eigenvalue weighted by Crippen LogP contribution is 2.38. The number of urea groups is 1. The minimum Gasteiger partial charge on any atom is -0.481 e. The van der Waals surface area contributed by atoms with Gasteiger partial charge in [0.15, 0.2) is 0 Å². The van der Waals surface area contributed by atoms with Crippen molar-refractivity contribution in [2.45, 2.75) is 12.4 Å². The normalized spacial score (nSPS) is 21.3. The van der Waals surface area contributed by atoms with E-state index in [1.165, 1.54) is 0 Å². The van der Waals surface area contributed by atoms with Crippen LogP contribution in [0.15, 0.2) is 18.3 Å². The van der Waals surface area contributed by atoms with E-state index in [1.807, 2.05) is 0 Å². The number of carboxylic acids is 1. The highest BCUT2D eigenvalue weighted by Gasteiger charge is 2.53. The van der Waals surface area contributed by atoms with Crippen LogP contribution in [-0.4, -0.2) is 46.3 Å². The zero-order valence-corrected chi connectivity index (χ0v) is 12.2. The molecular formula is C13H11F6N3O3. The lowest BCUT2D eigenvalue weighted by molar-refractivity contribution is -0.187. The van der Waals surface area contributed by atoms with Gasteiger partial charge in [0.25, 0.3) is 0 Å². The molecule has 0 bridgehead atoms. The van der Waals surface area contributed by atoms with Gasteiger partial charge in [0, 0.05) is 13.1 Å². The van der Waals surface area contributed by atoms with Crippen LogP contribution < -0.4 is 5.32 Å². The number of likely N-dealkylation sites (tertiary alicyclic amines) is 1. The third-order valence-electron chi connectivity index (χ3n) is 3.65. The van der Waals surface area contributed by atoms with Crippen molar-refractivity contribution < 1.29 is 41.0 Å². The number of nitrogens with zero attached hydrogens (tertiary/aromatic N) is 2. The van der Waals surface area contributed by atoms with E-state index in [0.29, 0.717) is 17.2 Å². The smallest absolute Gasteiger partial charge is 0.433 e. The average Bonchev–Trinajstić information content (AvgIpc) is 2.92. The van der Waals surface area contributed by atoms with Crippen LogP contribution in [0.1, 0.15) is 5.69 Å². The van der Waals surface area contributed by atoms with Crippen molar-refractivity contribution in [3.63, 3.8) is 0 Å². The molecule has 0 saturated carbocycles. The molecule has 0 aliphatic carbocycles. The standard InChI is InChI=1S/C13H11F6N3O3/c14-12(15,16)8-5-22(4-7(8)10(23)24)11(25)21-6-1-2-9(20-3-6)13(17,18)19/h1-3,7-8H,4-5H2,(H,21,25)(H,23,24)/t7-,8-/m1/s1. The second kappa shape index (κ2) is 6.41. The van der Waals surface area contributed by atoms with E-state index in [2.05, 4.69) is 10.3 Å². The van der Waals surface area contributed by atoms with Gasteiger partial charge in [-0.25, -0.2) is 9.78 Å². The number of alkyl halides is 6. The van der Waals surface area contributed by atoms with E-state index < -0.39 is 55.0 Å². The van der Waals surface area contributed by atoms with Gasteiger partial charge < -0.3 is 15.3 Å². The first-order valence-corrected chi connectivity index (χ1v) is 6.78. The Balaban J connectivity index is 2.07. The largest absolute Gasteiger partial charge is 0.481 e. The summed E-state index contributed by atoms with van der Waals surface area (Å²) in [7, 11) is 0. The number of carbonyl (C=O) groups excluding carboxylic acids is 1. The maximum atomic E-state index is 12.9. The predicted molar refractivity (Wildman–Crippen MR) is 70.5 cm³/mol. The zero-order valence-electron chi connectivity index (χ0n) is 12.2. The average molecular weight is 371 g/mol. The monoisotopic (exact) mass is 371 g/mol. The lowest BCUT2D eigenvalue weighted by Crippen LogP contribution is -2.35. The first-order valence-electron chi connectivity index (χ1n) is 6.78. The van der Waals surface area contributed by atoms with Crippen LogP contribution in [-0.2, 0) is 11.0 Å². The summed E-state index contributed by atoms with van der Waals surface area (Å²) in [6.07, 6.45) is -8.77. The molecule has 2 N–H and O–H groups in total. The minimum absolute atomic E-state index is 0.166. The first-order chi connectivity index (χ1) is 11.4. The molecular weight excluding hydrogens is 360 g/mol. The Morgan fingerprint density at radius 3 is 2.20 bits per heavy atom. The lowest BCUT2D eigenvalue weighted by Gasteiger charge is -2.18. The maximum absolute atomic E-state index is 12.9. The molecule has 1 saturated heterocycles. The van der Waals surface area contributed by atoms with Crippen LogP contribution >= 0.6 is 0 Å². The Kier molecular flexibility index (Phi) is 4.82. The number of pyridine rings is 1. The van der Waals surface area contributed by atoms with Crippen molar-refractivity contribution in [3.05, 3.63) is 24.0 Å². The van der Waals surface area contributed by atoms with Gasteiger partial charge in [-0.3, -0.25) is 4.79 Å². The third-order valence-corrected chi connectivity index (χ3v) is 3.65. The molecule has 1 fully saturated rings. The van der Waals surface area contributed by atoms with Gasteiger partial charge in [-0.15, -0.1) is 0 Å². The van der Waals surface area contributed by atoms with E-state index >= 15 is 0 Å². The van der Waals surface area contributed by atoms with Crippen molar-refractivity contribution in [2.24, 2.45) is 11.8 Å². The molecule has 1 aromatic heterocycles. The molecule has 0 unspecified atom stereocenters. The molecule has 6 nitrogen and oxygen atoms in total. The number of aliphatic carboxylic acids is 1. The Hall–Kier alpha value is -2.53. The van der Waals surface area contributed by atoms with E-state index in [9.17, 15) is 35.9 Å². The molecule has 25 heavy (non-hydrogen) atoms. The third kappa shape index (κ3) is 4.31. The molecule has 2 atom stereocenters. The topological polar surface area (TPSA) is 82.5 Å². The van der Waals surface area contributed by atoms with Crippen LogP contribution in [0.5, 0.6) is 0 Å². The number of nitrogens with one attached hydrogen (secondary N) is 1. The summed E-state index contributed by atoms with van der Waals surface area (Å²) in [5.41, 5.74) is -1.37. The van der Waals surface area contributed by atoms with Gasteiger partial charge in [0.2, 0.25) is 0 Å². The Bertz CT molecular complexity index is 658. The van der Waals surface area contributed by atoms with Crippen molar-refractivity contribution >= 4 is 17.7 Å². The Labute approximate surface area is 136 Å². The van der Waals surface area contributed by atoms with Crippen molar-refractivity contribution in [1.29, 1.82) is 0 Å². The van der Waals surface area contributed by atoms with Gasteiger partial charge >= 0.3 is 24.4 Å². The van der Waals surface area contributed by atoms with Crippen molar-refractivity contribution in [3.8, 4) is 0 Å². The van der Waals surface area contributed by atoms with Crippen molar-refractivity contribution in [1.82, 2.24) is 9.88 Å². The predicted octanol–water partition coefficient (Wildman–Crippen LogP) is 2.83. The molecule has 1 aliphatic rings. The number of anilines is 1. The number of rotatable bonds is 2. The summed E-state index contributed by atoms with van der Waals surface area (Å²) < 4.78 is 75.7. The summed E-state index contributed by atoms with van der Waals surface area (Å²) in [4.78, 5) is 26.6. The molecule has 2 rings (SSSR count). The fourth-order valence-corrected chi connectivity index (χ4v) is 2.39. The molecule has 0 radical (unpaired) electrons. The number of carbonyl (C=O) groups is 2. The number of halogens is 6. The van der Waals surface area contributed by atoms with Crippen LogP contribution in [0.4, 0.5) is 36.8 Å². The highest BCUT2D eigenvalue weighted by atomic mass is 19.4. The van der Waals surface area contributed by atoms with E-state index in [-0.39, 0.29) is 5.69 Å². The molecule has 12 heteroatoms. The fourth-order valence-electron chi connectivity index (χ4n) is 2.39. The van der Waals surface area contributed by atoms with E-state index in [4.69, 9.17) is 5.11 Å². The van der Waals surface area contributed by atoms with Crippen LogP contribution in [0, 0.1) is 11.8 Å². The zero-order chi connectivity index (χ0) is 19.0. The molecule has 138 valence electrons. The Morgan fingerprint density at radius 1 is 1.16 bits per heavy atom. The summed E-state index contributed by atoms with van der Waals surface area (Å²) >= 11 is 0. The number of amides is 2. The number of hydrogen-bond donors (Lipinski definition) is 2. The van der Waals surface area contributed by atoms with Gasteiger partial charge in [-0.1, -0.05) is 0 Å². The molecule has 0 spiro atoms. The second-order valence-corrected chi connectivity index (χ2v) is 5.36. The number of hydrogen-bond acceptors (Lipinski definition) is 3. The van der Waals surface area contributed by atoms with Crippen LogP contribution in [0.2, 0.25) is 0 Å². The Morgan fingerprint density at radius 2 is 1.80 bits per heavy atom. The molecule has 2 amide bonds. The number of aromatic nitrogens is 1. The number of carboxylic acid groups (broad SMARTS) is 1. The summed E-state index contributed by atoms with van der Waals surface area (Å²) in [6, 6.07) is 0.428. The first kappa shape index (κ1) is 18.8. The maximum Gasteiger partial charge on any atom is 0.433 e. The summed E-state index contributed by atoms with van der Waals surface area (Å²) in [5.74, 6) is -5.72. The van der Waals surface area contributed by atoms with Crippen LogP contribution in [0.25, 0.3) is 0 Å². The van der Waals surface area contributed by atoms with Crippen molar-refractivity contribution in [2.75, 3.05) is 18.4 Å². The van der Waals surface area contributed by atoms with Gasteiger partial charge in [0.05, 0.1) is 23.7 Å². The molecule has 0 aromatic carbocycles. The molecule has 1 aromatic rings. The van der Waals surface area contributed by atoms with Gasteiger partial charge in [0.1, 0.15) is 5.69 Å². The molecule has 1 aliphatic heterocycles. The quantitative estimate of drug-likeness (QED) is 0.784. The summed E-state index contributed by atoms with van der Waals surface area (Å²) in [6.45, 7) is -1.53. The SMILES string of the molecule is O=C(O)[C@@H]1CN(C(=O)Nc2ccc(C(F)(F)F)nc2)C[C@H]1C(F)(F)F. The fraction of sp³-hybridized carbons (Fsp3) is 0.462. The highest BCUT2D eigenvalue weighted by molar-refractivity contribution is 5.90. The minimum atomic E-state index is -4.80. The second-order valence-electron chi connectivity index (χ2n) is 5.36. The lowest BCUT2D eigenvalue weighted by atomic mass is 9.96.